The van der Waals surface area contributed by atoms with Crippen molar-refractivity contribution in [3.05, 3.63) is 60.2 Å². The van der Waals surface area contributed by atoms with Gasteiger partial charge < -0.3 is 4.90 Å². The Kier molecular flexibility index (Phi) is 4.58. The molecule has 0 aromatic heterocycles. The molecule has 2 aromatic carbocycles. The molecule has 0 unspecified atom stereocenters. The van der Waals surface area contributed by atoms with Gasteiger partial charge in [-0.15, -0.1) is 0 Å². The third-order valence-corrected chi connectivity index (χ3v) is 3.18. The van der Waals surface area contributed by atoms with Crippen LogP contribution in [0.4, 0.5) is 11.4 Å². The first kappa shape index (κ1) is 13.2. The van der Waals surface area contributed by atoms with E-state index >= 15 is 0 Å². The van der Waals surface area contributed by atoms with Gasteiger partial charge in [0.2, 0.25) is 0 Å². The average Bonchev–Trinajstić information content (AvgIpc) is 2.49. The van der Waals surface area contributed by atoms with Gasteiger partial charge in [0.25, 0.3) is 0 Å². The minimum absolute atomic E-state index is 0.521. The second-order valence-electron chi connectivity index (χ2n) is 4.38. The molecule has 0 aliphatic heterocycles. The van der Waals surface area contributed by atoms with Crippen molar-refractivity contribution in [3.8, 4) is 6.07 Å². The van der Waals surface area contributed by atoms with E-state index in [1.165, 1.54) is 11.3 Å². The fourth-order valence-electron chi connectivity index (χ4n) is 2.23. The molecule has 0 spiro atoms. The summed E-state index contributed by atoms with van der Waals surface area (Å²) in [6.45, 7) is 2.88. The van der Waals surface area contributed by atoms with Crippen LogP contribution in [0.5, 0.6) is 0 Å². The van der Waals surface area contributed by atoms with E-state index in [4.69, 9.17) is 5.26 Å². The maximum absolute atomic E-state index is 8.86. The number of anilines is 2. The molecule has 0 saturated carbocycles. The summed E-state index contributed by atoms with van der Waals surface area (Å²) in [4.78, 5) is 2.22. The number of rotatable bonds is 5. The molecule has 0 saturated heterocycles. The number of hydrogen-bond donors (Lipinski definition) is 0. The quantitative estimate of drug-likeness (QED) is 0.791. The summed E-state index contributed by atoms with van der Waals surface area (Å²) in [5, 5.41) is 8.86. The number of benzene rings is 2. The fraction of sp³-hybridized carbons (Fsp3) is 0.235. The maximum Gasteiger partial charge on any atom is 0.0640 e. The molecular formula is C17H18N2. The Bertz CT molecular complexity index is 555. The van der Waals surface area contributed by atoms with Crippen LogP contribution in [-0.4, -0.2) is 6.54 Å². The highest BCUT2D eigenvalue weighted by Gasteiger charge is 2.11. The van der Waals surface area contributed by atoms with Crippen molar-refractivity contribution in [2.45, 2.75) is 19.8 Å². The normalized spacial score (nSPS) is 9.89. The van der Waals surface area contributed by atoms with Gasteiger partial charge in [0.15, 0.2) is 0 Å². The minimum atomic E-state index is 0.521. The van der Waals surface area contributed by atoms with Crippen LogP contribution in [0.2, 0.25) is 0 Å². The average molecular weight is 250 g/mol. The van der Waals surface area contributed by atoms with Crippen LogP contribution in [0.3, 0.4) is 0 Å². The first-order valence-electron chi connectivity index (χ1n) is 6.64. The summed E-state index contributed by atoms with van der Waals surface area (Å²) in [5.74, 6) is 0. The second kappa shape index (κ2) is 6.61. The van der Waals surface area contributed by atoms with Gasteiger partial charge >= 0.3 is 0 Å². The molecule has 2 heteroatoms. The van der Waals surface area contributed by atoms with E-state index in [9.17, 15) is 0 Å². The highest BCUT2D eigenvalue weighted by atomic mass is 15.1. The van der Waals surface area contributed by atoms with Crippen molar-refractivity contribution >= 4 is 11.4 Å². The molecule has 0 atom stereocenters. The Hall–Kier alpha value is -2.27. The molecule has 0 fully saturated rings. The summed E-state index contributed by atoms with van der Waals surface area (Å²) in [6, 6.07) is 20.9. The van der Waals surface area contributed by atoms with Gasteiger partial charge in [0.1, 0.15) is 0 Å². The van der Waals surface area contributed by atoms with Gasteiger partial charge in [-0.25, -0.2) is 0 Å². The molecule has 96 valence electrons. The lowest BCUT2D eigenvalue weighted by Crippen LogP contribution is -2.19. The first-order valence-corrected chi connectivity index (χ1v) is 6.64. The van der Waals surface area contributed by atoms with Crippen LogP contribution in [0.15, 0.2) is 54.6 Å². The second-order valence-corrected chi connectivity index (χ2v) is 4.38. The van der Waals surface area contributed by atoms with E-state index < -0.39 is 0 Å². The van der Waals surface area contributed by atoms with Crippen LogP contribution < -0.4 is 4.90 Å². The van der Waals surface area contributed by atoms with Gasteiger partial charge in [-0.2, -0.15) is 5.26 Å². The predicted molar refractivity (Wildman–Crippen MR) is 79.5 cm³/mol. The van der Waals surface area contributed by atoms with E-state index in [-0.39, 0.29) is 0 Å². The first-order chi connectivity index (χ1) is 9.36. The van der Waals surface area contributed by atoms with Crippen molar-refractivity contribution in [2.24, 2.45) is 0 Å². The van der Waals surface area contributed by atoms with Gasteiger partial charge in [-0.3, -0.25) is 0 Å². The third-order valence-electron chi connectivity index (χ3n) is 3.18. The summed E-state index contributed by atoms with van der Waals surface area (Å²) >= 11 is 0. The zero-order valence-corrected chi connectivity index (χ0v) is 11.2. The molecule has 0 heterocycles. The van der Waals surface area contributed by atoms with Gasteiger partial charge in [-0.1, -0.05) is 43.3 Å². The predicted octanol–water partition coefficient (Wildman–Crippen LogP) is 4.30. The van der Waals surface area contributed by atoms with Crippen molar-refractivity contribution in [2.75, 3.05) is 11.4 Å². The van der Waals surface area contributed by atoms with Crippen molar-refractivity contribution < 1.29 is 0 Å². The van der Waals surface area contributed by atoms with Gasteiger partial charge in [0, 0.05) is 17.9 Å². The van der Waals surface area contributed by atoms with Crippen molar-refractivity contribution in [3.63, 3.8) is 0 Å². The zero-order valence-electron chi connectivity index (χ0n) is 11.2. The number of nitrogens with zero attached hydrogens (tertiary/aromatic N) is 2. The molecule has 2 nitrogen and oxygen atoms in total. The SMILES string of the molecule is CCc1ccccc1N(CCC#N)c1ccccc1. The van der Waals surface area contributed by atoms with E-state index in [1.807, 2.05) is 18.2 Å². The lowest BCUT2D eigenvalue weighted by Gasteiger charge is -2.26. The Morgan fingerprint density at radius 1 is 1.00 bits per heavy atom. The smallest absolute Gasteiger partial charge is 0.0640 e. The fourth-order valence-corrected chi connectivity index (χ4v) is 2.23. The molecule has 0 amide bonds. The minimum Gasteiger partial charge on any atom is -0.340 e. The standard InChI is InChI=1S/C17H18N2/c1-2-15-9-6-7-12-17(15)19(14-8-13-18)16-10-4-3-5-11-16/h3-7,9-12H,2,8,14H2,1H3. The third kappa shape index (κ3) is 3.14. The molecule has 0 bridgehead atoms. The van der Waals surface area contributed by atoms with E-state index in [1.54, 1.807) is 0 Å². The van der Waals surface area contributed by atoms with E-state index in [0.29, 0.717) is 6.42 Å². The molecule has 0 aliphatic rings. The molecule has 2 aromatic rings. The number of para-hydroxylation sites is 2. The summed E-state index contributed by atoms with van der Waals surface area (Å²) in [5.41, 5.74) is 3.65. The molecule has 0 aliphatic carbocycles. The Morgan fingerprint density at radius 2 is 1.68 bits per heavy atom. The number of nitriles is 1. The van der Waals surface area contributed by atoms with Crippen LogP contribution >= 0.6 is 0 Å². The van der Waals surface area contributed by atoms with E-state index in [0.717, 1.165) is 18.7 Å². The summed E-state index contributed by atoms with van der Waals surface area (Å²) < 4.78 is 0. The van der Waals surface area contributed by atoms with Gasteiger partial charge in [0.05, 0.1) is 12.5 Å². The molecule has 19 heavy (non-hydrogen) atoms. The van der Waals surface area contributed by atoms with Crippen LogP contribution in [0.25, 0.3) is 0 Å². The van der Waals surface area contributed by atoms with Crippen LogP contribution in [0.1, 0.15) is 18.9 Å². The lowest BCUT2D eigenvalue weighted by atomic mass is 10.1. The summed E-state index contributed by atoms with van der Waals surface area (Å²) in [6.07, 6.45) is 1.51. The summed E-state index contributed by atoms with van der Waals surface area (Å²) in [7, 11) is 0. The molecule has 2 rings (SSSR count). The lowest BCUT2D eigenvalue weighted by molar-refractivity contribution is 0.935. The monoisotopic (exact) mass is 250 g/mol. The molecule has 0 N–H and O–H groups in total. The highest BCUT2D eigenvalue weighted by Crippen LogP contribution is 2.28. The van der Waals surface area contributed by atoms with Crippen LogP contribution in [-0.2, 0) is 6.42 Å². The maximum atomic E-state index is 8.86. The van der Waals surface area contributed by atoms with Crippen LogP contribution in [0, 0.1) is 11.3 Å². The Labute approximate surface area is 114 Å². The zero-order chi connectivity index (χ0) is 13.5. The largest absolute Gasteiger partial charge is 0.340 e. The topological polar surface area (TPSA) is 27.0 Å². The highest BCUT2D eigenvalue weighted by molar-refractivity contribution is 5.66. The number of aryl methyl sites for hydroxylation is 1. The van der Waals surface area contributed by atoms with Gasteiger partial charge in [-0.05, 0) is 30.2 Å². The molecule has 0 radical (unpaired) electrons. The molecular weight excluding hydrogens is 232 g/mol. The van der Waals surface area contributed by atoms with Crippen molar-refractivity contribution in [1.29, 1.82) is 5.26 Å². The number of hydrogen-bond acceptors (Lipinski definition) is 2. The van der Waals surface area contributed by atoms with Crippen molar-refractivity contribution in [1.82, 2.24) is 0 Å². The Morgan fingerprint density at radius 3 is 2.37 bits per heavy atom. The Balaban J connectivity index is 2.40. The van der Waals surface area contributed by atoms with E-state index in [2.05, 4.69) is 54.3 Å².